The highest BCUT2D eigenvalue weighted by Crippen LogP contribution is 2.20. The van der Waals surface area contributed by atoms with Crippen LogP contribution in [0.2, 0.25) is 5.02 Å². The van der Waals surface area contributed by atoms with Gasteiger partial charge in [0, 0.05) is 35.3 Å². The summed E-state index contributed by atoms with van der Waals surface area (Å²) in [5, 5.41) is 9.76. The fourth-order valence-electron chi connectivity index (χ4n) is 3.64. The van der Waals surface area contributed by atoms with Crippen molar-refractivity contribution in [2.24, 2.45) is 0 Å². The monoisotopic (exact) mass is 464 g/mol. The van der Waals surface area contributed by atoms with Crippen molar-refractivity contribution < 1.29 is 9.59 Å². The zero-order chi connectivity index (χ0) is 23.2. The Morgan fingerprint density at radius 2 is 1.97 bits per heavy atom. The molecule has 4 rings (SSSR count). The first-order valence-corrected chi connectivity index (χ1v) is 11.1. The minimum Gasteiger partial charge on any atom is -0.382 e. The molecule has 8 nitrogen and oxygen atoms in total. The van der Waals surface area contributed by atoms with Gasteiger partial charge in [0.1, 0.15) is 0 Å². The molecule has 1 aliphatic heterocycles. The zero-order valence-electron chi connectivity index (χ0n) is 18.0. The molecule has 0 bridgehead atoms. The molecule has 0 spiro atoms. The van der Waals surface area contributed by atoms with Crippen LogP contribution in [-0.2, 0) is 6.54 Å². The van der Waals surface area contributed by atoms with Gasteiger partial charge in [-0.25, -0.2) is 9.97 Å². The predicted molar refractivity (Wildman–Crippen MR) is 128 cm³/mol. The lowest BCUT2D eigenvalue weighted by Gasteiger charge is -2.23. The van der Waals surface area contributed by atoms with Gasteiger partial charge in [-0.3, -0.25) is 9.59 Å². The Hall–Kier alpha value is -3.49. The lowest BCUT2D eigenvalue weighted by atomic mass is 10.1. The van der Waals surface area contributed by atoms with Gasteiger partial charge in [0.2, 0.25) is 0 Å². The lowest BCUT2D eigenvalue weighted by Crippen LogP contribution is -2.46. The Balaban J connectivity index is 1.48. The number of piperidine rings is 1. The molecule has 0 aliphatic carbocycles. The number of benzene rings is 2. The quantitative estimate of drug-likeness (QED) is 0.445. The van der Waals surface area contributed by atoms with E-state index in [-0.39, 0.29) is 29.4 Å². The van der Waals surface area contributed by atoms with Gasteiger partial charge >= 0.3 is 0 Å². The third kappa shape index (κ3) is 5.85. The van der Waals surface area contributed by atoms with Crippen LogP contribution in [-0.4, -0.2) is 40.9 Å². The molecule has 1 saturated heterocycles. The van der Waals surface area contributed by atoms with Crippen molar-refractivity contribution in [1.29, 1.82) is 0 Å². The van der Waals surface area contributed by atoms with E-state index in [1.807, 2.05) is 18.2 Å². The number of nitrogen functional groups attached to an aromatic ring is 1. The number of carbonyl (C=O) groups excluding carboxylic acids is 2. The Labute approximate surface area is 197 Å². The summed E-state index contributed by atoms with van der Waals surface area (Å²) in [6, 6.07) is 14.3. The molecule has 3 aromatic rings. The van der Waals surface area contributed by atoms with Crippen molar-refractivity contribution in [3.63, 3.8) is 0 Å². The number of aromatic nitrogens is 2. The number of hydrogen-bond donors (Lipinski definition) is 4. The molecule has 1 atom stereocenters. The minimum atomic E-state index is -0.354. The molecule has 33 heavy (non-hydrogen) atoms. The molecule has 2 amide bonds. The fraction of sp³-hybridized carbons (Fsp3) is 0.250. The third-order valence-corrected chi connectivity index (χ3v) is 5.69. The molecule has 1 aliphatic rings. The maximum absolute atomic E-state index is 12.7. The molecule has 170 valence electrons. The van der Waals surface area contributed by atoms with Gasteiger partial charge in [-0.05, 0) is 49.2 Å². The van der Waals surface area contributed by atoms with Crippen LogP contribution in [0, 0.1) is 0 Å². The second kappa shape index (κ2) is 10.4. The van der Waals surface area contributed by atoms with E-state index >= 15 is 0 Å². The van der Waals surface area contributed by atoms with E-state index in [0.29, 0.717) is 34.9 Å². The molecule has 9 heteroatoms. The normalized spacial score (nSPS) is 15.6. The van der Waals surface area contributed by atoms with E-state index in [0.717, 1.165) is 24.9 Å². The van der Waals surface area contributed by atoms with Crippen LogP contribution in [0.15, 0.2) is 54.7 Å². The number of amides is 2. The number of hydrogen-bond acceptors (Lipinski definition) is 6. The van der Waals surface area contributed by atoms with Gasteiger partial charge in [-0.15, -0.1) is 0 Å². The summed E-state index contributed by atoms with van der Waals surface area (Å²) >= 11 is 5.90. The van der Waals surface area contributed by atoms with Crippen LogP contribution in [0.1, 0.15) is 39.3 Å². The Morgan fingerprint density at radius 3 is 2.73 bits per heavy atom. The Kier molecular flexibility index (Phi) is 7.16. The average molecular weight is 465 g/mol. The number of nitrogens with zero attached hydrogens (tertiary/aromatic N) is 2. The highest BCUT2D eigenvalue weighted by atomic mass is 35.5. The van der Waals surface area contributed by atoms with Gasteiger partial charge < -0.3 is 21.7 Å². The van der Waals surface area contributed by atoms with Crippen LogP contribution in [0.25, 0.3) is 11.3 Å². The molecule has 0 unspecified atom stereocenters. The highest BCUT2D eigenvalue weighted by molar-refractivity contribution is 6.30. The maximum atomic E-state index is 12.7. The maximum Gasteiger partial charge on any atom is 0.274 e. The van der Waals surface area contributed by atoms with Gasteiger partial charge in [0.25, 0.3) is 11.8 Å². The van der Waals surface area contributed by atoms with Gasteiger partial charge in [0.15, 0.2) is 11.5 Å². The van der Waals surface area contributed by atoms with Crippen molar-refractivity contribution in [3.05, 3.63) is 76.6 Å². The number of anilines is 1. The zero-order valence-corrected chi connectivity index (χ0v) is 18.7. The van der Waals surface area contributed by atoms with E-state index in [1.54, 1.807) is 30.3 Å². The van der Waals surface area contributed by atoms with E-state index < -0.39 is 0 Å². The first-order chi connectivity index (χ1) is 16.0. The van der Waals surface area contributed by atoms with E-state index in [2.05, 4.69) is 25.9 Å². The summed E-state index contributed by atoms with van der Waals surface area (Å²) in [7, 11) is 0. The van der Waals surface area contributed by atoms with Crippen LogP contribution in [0.4, 0.5) is 5.82 Å². The Morgan fingerprint density at radius 1 is 1.15 bits per heavy atom. The molecule has 2 heterocycles. The smallest absolute Gasteiger partial charge is 0.274 e. The number of nitrogens with two attached hydrogens (primary N) is 1. The first-order valence-electron chi connectivity index (χ1n) is 10.8. The molecule has 1 aromatic heterocycles. The molecule has 2 aromatic carbocycles. The number of rotatable bonds is 6. The van der Waals surface area contributed by atoms with Crippen molar-refractivity contribution >= 4 is 29.2 Å². The summed E-state index contributed by atoms with van der Waals surface area (Å²) in [6.45, 7) is 2.04. The molecule has 1 fully saturated rings. The highest BCUT2D eigenvalue weighted by Gasteiger charge is 2.20. The molecule has 5 N–H and O–H groups in total. The molecule has 0 radical (unpaired) electrons. The van der Waals surface area contributed by atoms with Crippen molar-refractivity contribution in [3.8, 4) is 11.3 Å². The second-order valence-corrected chi connectivity index (χ2v) is 8.33. The number of halogens is 1. The van der Waals surface area contributed by atoms with E-state index in [1.165, 1.54) is 6.20 Å². The summed E-state index contributed by atoms with van der Waals surface area (Å²) < 4.78 is 0. The minimum absolute atomic E-state index is 0.0313. The lowest BCUT2D eigenvalue weighted by molar-refractivity contribution is 0.0923. The van der Waals surface area contributed by atoms with Gasteiger partial charge in [-0.2, -0.15) is 0 Å². The largest absolute Gasteiger partial charge is 0.382 e. The molecule has 0 saturated carbocycles. The van der Waals surface area contributed by atoms with Crippen molar-refractivity contribution in [2.75, 3.05) is 18.8 Å². The molecular formula is C24H25ClN6O2. The fourth-order valence-corrected chi connectivity index (χ4v) is 3.77. The SMILES string of the molecule is Nc1ncc(-c2cccc(C(=O)NCc3ccc(Cl)cc3)c2)nc1C(=O)N[C@H]1CCCNC1. The summed E-state index contributed by atoms with van der Waals surface area (Å²) in [6.07, 6.45) is 3.40. The van der Waals surface area contributed by atoms with Crippen molar-refractivity contribution in [2.45, 2.75) is 25.4 Å². The first kappa shape index (κ1) is 22.7. The van der Waals surface area contributed by atoms with Gasteiger partial charge in [0.05, 0.1) is 11.9 Å². The standard InChI is InChI=1S/C24H25ClN6O2/c25-18-8-6-15(7-9-18)12-29-23(32)17-4-1-3-16(11-17)20-14-28-22(26)21(31-20)24(33)30-19-5-2-10-27-13-19/h1,3-4,6-9,11,14,19,27H,2,5,10,12-13H2,(H2,26,28)(H,29,32)(H,30,33)/t19-/m0/s1. The number of carbonyl (C=O) groups is 2. The van der Waals surface area contributed by atoms with E-state index in [4.69, 9.17) is 17.3 Å². The molecular weight excluding hydrogens is 440 g/mol. The Bertz CT molecular complexity index is 1150. The third-order valence-electron chi connectivity index (χ3n) is 5.43. The van der Waals surface area contributed by atoms with Crippen LogP contribution >= 0.6 is 11.6 Å². The van der Waals surface area contributed by atoms with E-state index in [9.17, 15) is 9.59 Å². The van der Waals surface area contributed by atoms with Crippen LogP contribution < -0.4 is 21.7 Å². The topological polar surface area (TPSA) is 122 Å². The van der Waals surface area contributed by atoms with Crippen LogP contribution in [0.3, 0.4) is 0 Å². The van der Waals surface area contributed by atoms with Gasteiger partial charge in [-0.1, -0.05) is 35.9 Å². The number of nitrogens with one attached hydrogen (secondary N) is 3. The average Bonchev–Trinajstić information content (AvgIpc) is 2.84. The summed E-state index contributed by atoms with van der Waals surface area (Å²) in [5.41, 5.74) is 8.55. The van der Waals surface area contributed by atoms with Crippen LogP contribution in [0.5, 0.6) is 0 Å². The van der Waals surface area contributed by atoms with Crippen molar-refractivity contribution in [1.82, 2.24) is 25.9 Å². The predicted octanol–water partition coefficient (Wildman–Crippen LogP) is 2.79. The summed E-state index contributed by atoms with van der Waals surface area (Å²) in [5.74, 6) is -0.512. The second-order valence-electron chi connectivity index (χ2n) is 7.90. The summed E-state index contributed by atoms with van der Waals surface area (Å²) in [4.78, 5) is 34.0.